The summed E-state index contributed by atoms with van der Waals surface area (Å²) < 4.78 is 0. The average molecular weight is 220 g/mol. The summed E-state index contributed by atoms with van der Waals surface area (Å²) in [5.41, 5.74) is 0.745. The Morgan fingerprint density at radius 2 is 1.81 bits per heavy atom. The van der Waals surface area contributed by atoms with Gasteiger partial charge in [-0.15, -0.1) is 0 Å². The van der Waals surface area contributed by atoms with Crippen LogP contribution in [0.5, 0.6) is 0 Å². The van der Waals surface area contributed by atoms with Crippen LogP contribution >= 0.6 is 0 Å². The Morgan fingerprint density at radius 1 is 1.12 bits per heavy atom. The van der Waals surface area contributed by atoms with Crippen molar-refractivity contribution in [3.8, 4) is 0 Å². The molecule has 3 fully saturated rings. The predicted octanol–water partition coefficient (Wildman–Crippen LogP) is 3.82. The zero-order chi connectivity index (χ0) is 11.8. The molecule has 3 rings (SSSR count). The van der Waals surface area contributed by atoms with Crippen LogP contribution in [0.25, 0.3) is 0 Å². The van der Waals surface area contributed by atoms with E-state index in [1.165, 1.54) is 19.3 Å². The molecule has 0 aliphatic heterocycles. The van der Waals surface area contributed by atoms with Crippen LogP contribution in [0.4, 0.5) is 0 Å². The molecule has 3 atom stereocenters. The summed E-state index contributed by atoms with van der Waals surface area (Å²) >= 11 is 0. The minimum atomic E-state index is 0.0903. The molecule has 3 aliphatic rings. The lowest BCUT2D eigenvalue weighted by molar-refractivity contribution is -0.133. The lowest BCUT2D eigenvalue weighted by atomic mass is 9.61. The van der Waals surface area contributed by atoms with Gasteiger partial charge in [-0.25, -0.2) is 0 Å². The molecule has 0 saturated heterocycles. The third-order valence-corrected chi connectivity index (χ3v) is 6.14. The molecule has 0 aromatic rings. The molecule has 0 amide bonds. The van der Waals surface area contributed by atoms with Gasteiger partial charge in [0.05, 0.1) is 0 Å². The van der Waals surface area contributed by atoms with Gasteiger partial charge < -0.3 is 0 Å². The summed E-state index contributed by atoms with van der Waals surface area (Å²) in [5, 5.41) is 0. The van der Waals surface area contributed by atoms with Crippen LogP contribution in [-0.2, 0) is 4.79 Å². The van der Waals surface area contributed by atoms with Crippen LogP contribution in [0.2, 0.25) is 0 Å². The third kappa shape index (κ3) is 0.926. The van der Waals surface area contributed by atoms with Crippen molar-refractivity contribution in [2.45, 2.75) is 59.8 Å². The van der Waals surface area contributed by atoms with Gasteiger partial charge in [0.1, 0.15) is 5.78 Å². The molecule has 16 heavy (non-hydrogen) atoms. The van der Waals surface area contributed by atoms with Crippen molar-refractivity contribution in [3.05, 3.63) is 0 Å². The standard InChI is InChI=1S/C15H24O/c1-13(2)9-8-10-6-5-7-11(16)15(10)12(13)14(15,3)4/h10,12H,5-9H2,1-4H3. The Hall–Kier alpha value is -0.330. The highest BCUT2D eigenvalue weighted by molar-refractivity contribution is 5.91. The van der Waals surface area contributed by atoms with Crippen molar-refractivity contribution in [1.29, 1.82) is 0 Å². The Bertz CT molecular complexity index is 352. The van der Waals surface area contributed by atoms with E-state index in [0.29, 0.717) is 23.0 Å². The molecule has 0 N–H and O–H groups in total. The molecule has 0 heterocycles. The van der Waals surface area contributed by atoms with E-state index in [4.69, 9.17) is 0 Å². The summed E-state index contributed by atoms with van der Waals surface area (Å²) in [6.45, 7) is 9.46. The van der Waals surface area contributed by atoms with Crippen LogP contribution < -0.4 is 0 Å². The zero-order valence-corrected chi connectivity index (χ0v) is 11.1. The lowest BCUT2D eigenvalue weighted by Gasteiger charge is -2.42. The average Bonchev–Trinajstić information content (AvgIpc) is 2.69. The number of hydrogen-bond acceptors (Lipinski definition) is 1. The van der Waals surface area contributed by atoms with E-state index in [9.17, 15) is 4.79 Å². The SMILES string of the molecule is CC1(C)CCC2CCCC(=O)C23C1C3(C)C. The monoisotopic (exact) mass is 220 g/mol. The van der Waals surface area contributed by atoms with Crippen molar-refractivity contribution in [1.82, 2.24) is 0 Å². The molecule has 0 aromatic heterocycles. The van der Waals surface area contributed by atoms with Gasteiger partial charge in [0.2, 0.25) is 0 Å². The summed E-state index contributed by atoms with van der Waals surface area (Å²) in [4.78, 5) is 12.5. The smallest absolute Gasteiger partial charge is 0.140 e. The fraction of sp³-hybridized carbons (Fsp3) is 0.933. The maximum absolute atomic E-state index is 12.5. The van der Waals surface area contributed by atoms with E-state index in [-0.39, 0.29) is 10.8 Å². The molecular formula is C15H24O. The van der Waals surface area contributed by atoms with Crippen LogP contribution in [0.1, 0.15) is 59.8 Å². The highest BCUT2D eigenvalue weighted by Crippen LogP contribution is 2.82. The van der Waals surface area contributed by atoms with Gasteiger partial charge >= 0.3 is 0 Å². The Kier molecular flexibility index (Phi) is 1.85. The number of Topliss-reactive ketones (excluding diaryl/α,β-unsaturated/α-hetero) is 1. The third-order valence-electron chi connectivity index (χ3n) is 6.14. The second kappa shape index (κ2) is 2.73. The largest absolute Gasteiger partial charge is 0.299 e. The molecular weight excluding hydrogens is 196 g/mol. The first-order valence-corrected chi connectivity index (χ1v) is 6.88. The maximum atomic E-state index is 12.5. The molecule has 0 bridgehead atoms. The van der Waals surface area contributed by atoms with Gasteiger partial charge in [-0.1, -0.05) is 27.7 Å². The molecule has 90 valence electrons. The van der Waals surface area contributed by atoms with Gasteiger partial charge in [0, 0.05) is 11.8 Å². The normalized spacial score (nSPS) is 48.1. The van der Waals surface area contributed by atoms with Crippen LogP contribution in [0.3, 0.4) is 0 Å². The quantitative estimate of drug-likeness (QED) is 0.606. The lowest BCUT2D eigenvalue weighted by Crippen LogP contribution is -2.40. The summed E-state index contributed by atoms with van der Waals surface area (Å²) in [7, 11) is 0. The highest BCUT2D eigenvalue weighted by atomic mass is 16.1. The highest BCUT2D eigenvalue weighted by Gasteiger charge is 2.81. The van der Waals surface area contributed by atoms with E-state index < -0.39 is 0 Å². The first-order chi connectivity index (χ1) is 7.35. The molecule has 3 saturated carbocycles. The fourth-order valence-corrected chi connectivity index (χ4v) is 5.91. The van der Waals surface area contributed by atoms with E-state index >= 15 is 0 Å². The van der Waals surface area contributed by atoms with E-state index in [2.05, 4.69) is 27.7 Å². The second-order valence-corrected chi connectivity index (χ2v) is 7.56. The van der Waals surface area contributed by atoms with Crippen molar-refractivity contribution >= 4 is 5.78 Å². The summed E-state index contributed by atoms with van der Waals surface area (Å²) in [6.07, 6.45) is 5.92. The molecule has 1 heteroatoms. The van der Waals surface area contributed by atoms with Gasteiger partial charge in [-0.3, -0.25) is 4.79 Å². The fourth-order valence-electron chi connectivity index (χ4n) is 5.91. The maximum Gasteiger partial charge on any atom is 0.140 e. The Labute approximate surface area is 99.0 Å². The number of rotatable bonds is 0. The Morgan fingerprint density at radius 3 is 2.50 bits per heavy atom. The van der Waals surface area contributed by atoms with Crippen LogP contribution in [0.15, 0.2) is 0 Å². The first kappa shape index (κ1) is 10.8. The van der Waals surface area contributed by atoms with Crippen LogP contribution in [-0.4, -0.2) is 5.78 Å². The number of hydrogen-bond donors (Lipinski definition) is 0. The molecule has 0 aromatic carbocycles. The molecule has 1 spiro atoms. The predicted molar refractivity (Wildman–Crippen MR) is 65.1 cm³/mol. The number of ketones is 1. The van der Waals surface area contributed by atoms with Gasteiger partial charge in [-0.2, -0.15) is 0 Å². The zero-order valence-electron chi connectivity index (χ0n) is 11.1. The Balaban J connectivity index is 2.08. The van der Waals surface area contributed by atoms with Crippen molar-refractivity contribution < 1.29 is 4.79 Å². The van der Waals surface area contributed by atoms with Gasteiger partial charge in [0.15, 0.2) is 0 Å². The summed E-state index contributed by atoms with van der Waals surface area (Å²) in [6, 6.07) is 0. The van der Waals surface area contributed by atoms with Crippen LogP contribution in [0, 0.1) is 28.1 Å². The van der Waals surface area contributed by atoms with E-state index in [1.54, 1.807) is 0 Å². The van der Waals surface area contributed by atoms with E-state index in [0.717, 1.165) is 12.8 Å². The van der Waals surface area contributed by atoms with Crippen molar-refractivity contribution in [3.63, 3.8) is 0 Å². The second-order valence-electron chi connectivity index (χ2n) is 7.56. The van der Waals surface area contributed by atoms with E-state index in [1.807, 2.05) is 0 Å². The number of carbonyl (C=O) groups is 1. The number of carbonyl (C=O) groups excluding carboxylic acids is 1. The van der Waals surface area contributed by atoms with Crippen molar-refractivity contribution in [2.24, 2.45) is 28.1 Å². The van der Waals surface area contributed by atoms with Crippen molar-refractivity contribution in [2.75, 3.05) is 0 Å². The van der Waals surface area contributed by atoms with Gasteiger partial charge in [-0.05, 0) is 48.3 Å². The summed E-state index contributed by atoms with van der Waals surface area (Å²) in [5.74, 6) is 1.97. The topological polar surface area (TPSA) is 17.1 Å². The minimum absolute atomic E-state index is 0.0903. The van der Waals surface area contributed by atoms with Gasteiger partial charge in [0.25, 0.3) is 0 Å². The molecule has 3 aliphatic carbocycles. The molecule has 3 unspecified atom stereocenters. The minimum Gasteiger partial charge on any atom is -0.299 e. The first-order valence-electron chi connectivity index (χ1n) is 6.88. The molecule has 0 radical (unpaired) electrons. The molecule has 1 nitrogen and oxygen atoms in total.